The summed E-state index contributed by atoms with van der Waals surface area (Å²) in [5, 5.41) is 4.48. The zero-order chi connectivity index (χ0) is 17.2. The van der Waals surface area contributed by atoms with Crippen LogP contribution in [0.3, 0.4) is 0 Å². The smallest absolute Gasteiger partial charge is 0.234 e. The Bertz CT molecular complexity index is 1060. The summed E-state index contributed by atoms with van der Waals surface area (Å²) in [6, 6.07) is 13.6. The molecular formula is C18H13FN4OS. The molecule has 0 radical (unpaired) electrons. The first kappa shape index (κ1) is 15.6. The van der Waals surface area contributed by atoms with Crippen LogP contribution in [0, 0.1) is 5.82 Å². The van der Waals surface area contributed by atoms with Gasteiger partial charge in [0.1, 0.15) is 22.7 Å². The fraction of sp³-hybridized carbons (Fsp3) is 0.0556. The number of thioether (sulfide) groups is 1. The van der Waals surface area contributed by atoms with Gasteiger partial charge in [0, 0.05) is 16.6 Å². The second-order valence-corrected chi connectivity index (χ2v) is 6.38. The third-order valence-corrected chi connectivity index (χ3v) is 4.71. The fourth-order valence-electron chi connectivity index (χ4n) is 2.59. The van der Waals surface area contributed by atoms with Crippen LogP contribution in [0.25, 0.3) is 21.9 Å². The number of hydrogen-bond acceptors (Lipinski definition) is 4. The average Bonchev–Trinajstić information content (AvgIpc) is 3.01. The van der Waals surface area contributed by atoms with E-state index in [0.717, 1.165) is 27.0 Å². The van der Waals surface area contributed by atoms with Gasteiger partial charge < -0.3 is 10.3 Å². The Morgan fingerprint density at radius 2 is 1.92 bits per heavy atom. The number of amides is 1. The van der Waals surface area contributed by atoms with Crippen molar-refractivity contribution in [3.8, 4) is 0 Å². The van der Waals surface area contributed by atoms with Crippen molar-refractivity contribution in [3.05, 3.63) is 60.7 Å². The Balaban J connectivity index is 1.52. The first-order valence-electron chi connectivity index (χ1n) is 7.60. The summed E-state index contributed by atoms with van der Waals surface area (Å²) < 4.78 is 12.9. The van der Waals surface area contributed by atoms with Gasteiger partial charge in [-0.2, -0.15) is 0 Å². The monoisotopic (exact) mass is 352 g/mol. The van der Waals surface area contributed by atoms with Crippen LogP contribution < -0.4 is 5.32 Å². The normalized spacial score (nSPS) is 11.1. The van der Waals surface area contributed by atoms with Crippen molar-refractivity contribution >= 4 is 45.3 Å². The number of H-pyrrole nitrogens is 1. The van der Waals surface area contributed by atoms with Crippen LogP contribution in [0.4, 0.5) is 10.1 Å². The SMILES string of the molecule is O=C(CSc1ncnc2c1[nH]c1ccccc12)Nc1ccc(F)cc1. The summed E-state index contributed by atoms with van der Waals surface area (Å²) in [6.07, 6.45) is 1.50. The molecule has 2 aromatic heterocycles. The van der Waals surface area contributed by atoms with Crippen LogP contribution in [-0.4, -0.2) is 26.6 Å². The summed E-state index contributed by atoms with van der Waals surface area (Å²) >= 11 is 1.33. The molecule has 0 aliphatic heterocycles. The lowest BCUT2D eigenvalue weighted by atomic mass is 10.2. The molecule has 2 heterocycles. The number of halogens is 1. The molecule has 0 unspecified atom stereocenters. The summed E-state index contributed by atoms with van der Waals surface area (Å²) in [5.41, 5.74) is 3.20. The zero-order valence-electron chi connectivity index (χ0n) is 13.0. The minimum atomic E-state index is -0.338. The number of hydrogen-bond donors (Lipinski definition) is 2. The molecule has 0 saturated carbocycles. The van der Waals surface area contributed by atoms with Crippen molar-refractivity contribution in [2.24, 2.45) is 0 Å². The molecule has 25 heavy (non-hydrogen) atoms. The van der Waals surface area contributed by atoms with E-state index >= 15 is 0 Å². The van der Waals surface area contributed by atoms with Crippen LogP contribution in [0.2, 0.25) is 0 Å². The fourth-order valence-corrected chi connectivity index (χ4v) is 3.35. The maximum absolute atomic E-state index is 12.9. The molecule has 0 aliphatic carbocycles. The van der Waals surface area contributed by atoms with E-state index in [1.54, 1.807) is 0 Å². The van der Waals surface area contributed by atoms with Crippen molar-refractivity contribution in [2.75, 3.05) is 11.1 Å². The van der Waals surface area contributed by atoms with E-state index in [1.807, 2.05) is 24.3 Å². The van der Waals surface area contributed by atoms with E-state index in [0.29, 0.717) is 5.69 Å². The van der Waals surface area contributed by atoms with Crippen molar-refractivity contribution in [2.45, 2.75) is 5.03 Å². The van der Waals surface area contributed by atoms with Crippen LogP contribution in [0.5, 0.6) is 0 Å². The van der Waals surface area contributed by atoms with Gasteiger partial charge in [0.15, 0.2) is 0 Å². The van der Waals surface area contributed by atoms with Crippen LogP contribution in [-0.2, 0) is 4.79 Å². The van der Waals surface area contributed by atoms with Gasteiger partial charge in [-0.25, -0.2) is 14.4 Å². The number of carbonyl (C=O) groups is 1. The molecule has 4 rings (SSSR count). The molecular weight excluding hydrogens is 339 g/mol. The number of benzene rings is 2. The lowest BCUT2D eigenvalue weighted by Gasteiger charge is -2.05. The van der Waals surface area contributed by atoms with Gasteiger partial charge in [0.25, 0.3) is 0 Å². The first-order valence-corrected chi connectivity index (χ1v) is 8.59. The zero-order valence-corrected chi connectivity index (χ0v) is 13.8. The molecule has 5 nitrogen and oxygen atoms in total. The predicted octanol–water partition coefficient (Wildman–Crippen LogP) is 3.98. The number of aromatic nitrogens is 3. The van der Waals surface area contributed by atoms with Crippen molar-refractivity contribution < 1.29 is 9.18 Å². The Labute approximate surface area is 146 Å². The number of nitrogens with one attached hydrogen (secondary N) is 2. The number of nitrogens with zero attached hydrogens (tertiary/aromatic N) is 2. The molecule has 2 aromatic carbocycles. The van der Waals surface area contributed by atoms with E-state index in [-0.39, 0.29) is 17.5 Å². The first-order chi connectivity index (χ1) is 12.2. The van der Waals surface area contributed by atoms with E-state index < -0.39 is 0 Å². The molecule has 0 saturated heterocycles. The summed E-state index contributed by atoms with van der Waals surface area (Å²) in [5.74, 6) is -0.326. The summed E-state index contributed by atoms with van der Waals surface area (Å²) in [7, 11) is 0. The molecule has 0 fully saturated rings. The predicted molar refractivity (Wildman–Crippen MR) is 97.1 cm³/mol. The Morgan fingerprint density at radius 1 is 1.12 bits per heavy atom. The number of carbonyl (C=O) groups excluding carboxylic acids is 1. The Morgan fingerprint density at radius 3 is 2.76 bits per heavy atom. The van der Waals surface area contributed by atoms with E-state index in [9.17, 15) is 9.18 Å². The van der Waals surface area contributed by atoms with Gasteiger partial charge in [0.05, 0.1) is 11.3 Å². The Hall–Kier alpha value is -2.93. The van der Waals surface area contributed by atoms with Crippen molar-refractivity contribution in [1.29, 1.82) is 0 Å². The van der Waals surface area contributed by atoms with Gasteiger partial charge >= 0.3 is 0 Å². The minimum Gasteiger partial charge on any atom is -0.351 e. The average molecular weight is 352 g/mol. The lowest BCUT2D eigenvalue weighted by molar-refractivity contribution is -0.113. The maximum atomic E-state index is 12.9. The van der Waals surface area contributed by atoms with Gasteiger partial charge in [-0.15, -0.1) is 0 Å². The van der Waals surface area contributed by atoms with Crippen LogP contribution in [0.1, 0.15) is 0 Å². The second kappa shape index (κ2) is 6.52. The number of rotatable bonds is 4. The quantitative estimate of drug-likeness (QED) is 0.430. The molecule has 124 valence electrons. The molecule has 0 atom stereocenters. The summed E-state index contributed by atoms with van der Waals surface area (Å²) in [4.78, 5) is 24.0. The van der Waals surface area contributed by atoms with Gasteiger partial charge in [-0.05, 0) is 30.3 Å². The molecule has 0 bridgehead atoms. The largest absolute Gasteiger partial charge is 0.351 e. The highest BCUT2D eigenvalue weighted by Crippen LogP contribution is 2.29. The molecule has 0 aliphatic rings. The van der Waals surface area contributed by atoms with Gasteiger partial charge in [0.2, 0.25) is 5.91 Å². The Kier molecular flexibility index (Phi) is 4.07. The highest BCUT2D eigenvalue weighted by Gasteiger charge is 2.12. The highest BCUT2D eigenvalue weighted by atomic mass is 32.2. The van der Waals surface area contributed by atoms with E-state index in [1.165, 1.54) is 42.4 Å². The van der Waals surface area contributed by atoms with Crippen LogP contribution in [0.15, 0.2) is 59.9 Å². The second-order valence-electron chi connectivity index (χ2n) is 5.42. The van der Waals surface area contributed by atoms with E-state index in [2.05, 4.69) is 20.3 Å². The number of fused-ring (bicyclic) bond motifs is 3. The molecule has 1 amide bonds. The topological polar surface area (TPSA) is 70.7 Å². The molecule has 4 aromatic rings. The number of anilines is 1. The van der Waals surface area contributed by atoms with E-state index in [4.69, 9.17) is 0 Å². The number of aromatic amines is 1. The van der Waals surface area contributed by atoms with Crippen molar-refractivity contribution in [3.63, 3.8) is 0 Å². The third kappa shape index (κ3) is 3.18. The minimum absolute atomic E-state index is 0.181. The highest BCUT2D eigenvalue weighted by molar-refractivity contribution is 8.00. The molecule has 2 N–H and O–H groups in total. The summed E-state index contributed by atoms with van der Waals surface area (Å²) in [6.45, 7) is 0. The third-order valence-electron chi connectivity index (χ3n) is 3.72. The molecule has 7 heteroatoms. The van der Waals surface area contributed by atoms with Crippen molar-refractivity contribution in [1.82, 2.24) is 15.0 Å². The maximum Gasteiger partial charge on any atom is 0.234 e. The lowest BCUT2D eigenvalue weighted by Crippen LogP contribution is -2.14. The van der Waals surface area contributed by atoms with Gasteiger partial charge in [-0.3, -0.25) is 4.79 Å². The van der Waals surface area contributed by atoms with Crippen LogP contribution >= 0.6 is 11.8 Å². The standard InChI is InChI=1S/C18H13FN4OS/c19-11-5-7-12(8-6-11)22-15(24)9-25-18-17-16(20-10-21-18)13-3-1-2-4-14(13)23-17/h1-8,10,23H,9H2,(H,22,24). The number of para-hydroxylation sites is 1. The molecule has 0 spiro atoms. The van der Waals surface area contributed by atoms with Gasteiger partial charge in [-0.1, -0.05) is 30.0 Å².